The number of aromatic nitrogens is 1. The minimum Gasteiger partial charge on any atom is -0.497 e. The molecule has 1 aromatic heterocycles. The standard InChI is InChI=1S/C20H30N4O3.HI/c1-6-21-20(23-13-18-11-19(14(2)3)24-27-18)22-12-15(4)26-17-9-7-8-16(10-17)25-5;/h7-11,14-15H,6,12-13H2,1-5H3,(H2,21,22,23);1H. The lowest BCUT2D eigenvalue weighted by molar-refractivity contribution is 0.223. The molecule has 2 aromatic rings. The SMILES string of the molecule is CCNC(=NCc1cc(C(C)C)no1)NCC(C)Oc1cccc(OC)c1.I. The molecule has 1 heterocycles. The second-order valence-corrected chi connectivity index (χ2v) is 6.56. The van der Waals surface area contributed by atoms with Crippen LogP contribution in [-0.2, 0) is 6.54 Å². The molecule has 0 fully saturated rings. The Morgan fingerprint density at radius 1 is 1.18 bits per heavy atom. The highest BCUT2D eigenvalue weighted by atomic mass is 127. The number of hydrogen-bond acceptors (Lipinski definition) is 5. The number of guanidine groups is 1. The van der Waals surface area contributed by atoms with Gasteiger partial charge >= 0.3 is 0 Å². The predicted octanol–water partition coefficient (Wildman–Crippen LogP) is 3.95. The quantitative estimate of drug-likeness (QED) is 0.307. The molecule has 2 N–H and O–H groups in total. The molecule has 156 valence electrons. The smallest absolute Gasteiger partial charge is 0.191 e. The molecule has 28 heavy (non-hydrogen) atoms. The van der Waals surface area contributed by atoms with E-state index in [0.717, 1.165) is 29.5 Å². The van der Waals surface area contributed by atoms with Crippen molar-refractivity contribution in [1.82, 2.24) is 15.8 Å². The zero-order valence-electron chi connectivity index (χ0n) is 17.2. The van der Waals surface area contributed by atoms with Crippen LogP contribution in [0.3, 0.4) is 0 Å². The molecule has 0 radical (unpaired) electrons. The molecule has 0 aliphatic heterocycles. The van der Waals surface area contributed by atoms with Crippen LogP contribution in [0.5, 0.6) is 11.5 Å². The molecule has 0 aliphatic carbocycles. The van der Waals surface area contributed by atoms with Crippen LogP contribution in [0.2, 0.25) is 0 Å². The molecule has 7 nitrogen and oxygen atoms in total. The summed E-state index contributed by atoms with van der Waals surface area (Å²) in [5.41, 5.74) is 0.943. The van der Waals surface area contributed by atoms with Gasteiger partial charge in [-0.15, -0.1) is 24.0 Å². The maximum atomic E-state index is 5.92. The predicted molar refractivity (Wildman–Crippen MR) is 122 cm³/mol. The molecule has 1 aromatic carbocycles. The Hall–Kier alpha value is -1.97. The molecule has 1 atom stereocenters. The number of methoxy groups -OCH3 is 1. The van der Waals surface area contributed by atoms with Gasteiger partial charge in [-0.2, -0.15) is 0 Å². The summed E-state index contributed by atoms with van der Waals surface area (Å²) in [5, 5.41) is 10.6. The molecule has 0 saturated carbocycles. The van der Waals surface area contributed by atoms with Crippen molar-refractivity contribution >= 4 is 29.9 Å². The number of aliphatic imine (C=N–C) groups is 1. The minimum atomic E-state index is -0.0428. The molecular formula is C20H31IN4O3. The first-order valence-corrected chi connectivity index (χ1v) is 9.30. The first kappa shape index (κ1) is 24.1. The van der Waals surface area contributed by atoms with Gasteiger partial charge in [-0.3, -0.25) is 0 Å². The average Bonchev–Trinajstić information content (AvgIpc) is 3.13. The number of nitrogens with zero attached hydrogens (tertiary/aromatic N) is 2. The van der Waals surface area contributed by atoms with Gasteiger partial charge in [-0.05, 0) is 31.9 Å². The Morgan fingerprint density at radius 2 is 1.93 bits per heavy atom. The summed E-state index contributed by atoms with van der Waals surface area (Å²) in [7, 11) is 1.64. The Labute approximate surface area is 184 Å². The fourth-order valence-corrected chi connectivity index (χ4v) is 2.36. The molecule has 0 saturated heterocycles. The lowest BCUT2D eigenvalue weighted by Gasteiger charge is -2.18. The number of halogens is 1. The number of nitrogens with one attached hydrogen (secondary N) is 2. The fraction of sp³-hybridized carbons (Fsp3) is 0.500. The van der Waals surface area contributed by atoms with Crippen molar-refractivity contribution in [2.45, 2.75) is 46.3 Å². The van der Waals surface area contributed by atoms with Gasteiger partial charge < -0.3 is 24.6 Å². The zero-order valence-corrected chi connectivity index (χ0v) is 19.5. The highest BCUT2D eigenvalue weighted by Gasteiger charge is 2.09. The van der Waals surface area contributed by atoms with Crippen LogP contribution in [-0.4, -0.2) is 37.4 Å². The summed E-state index contributed by atoms with van der Waals surface area (Å²) in [6, 6.07) is 9.52. The number of ether oxygens (including phenoxy) is 2. The first-order valence-electron chi connectivity index (χ1n) is 9.30. The maximum Gasteiger partial charge on any atom is 0.191 e. The van der Waals surface area contributed by atoms with Crippen LogP contribution in [0.4, 0.5) is 0 Å². The van der Waals surface area contributed by atoms with E-state index in [-0.39, 0.29) is 30.1 Å². The van der Waals surface area contributed by atoms with E-state index in [0.29, 0.717) is 25.0 Å². The van der Waals surface area contributed by atoms with Crippen molar-refractivity contribution in [3.63, 3.8) is 0 Å². The minimum absolute atomic E-state index is 0. The highest BCUT2D eigenvalue weighted by molar-refractivity contribution is 14.0. The van der Waals surface area contributed by atoms with Crippen LogP contribution >= 0.6 is 24.0 Å². The third-order valence-corrected chi connectivity index (χ3v) is 3.84. The van der Waals surface area contributed by atoms with E-state index in [1.807, 2.05) is 44.2 Å². The normalized spacial score (nSPS) is 12.3. The highest BCUT2D eigenvalue weighted by Crippen LogP contribution is 2.19. The second kappa shape index (κ2) is 12.5. The van der Waals surface area contributed by atoms with E-state index in [2.05, 4.69) is 34.6 Å². The Bertz CT molecular complexity index is 734. The summed E-state index contributed by atoms with van der Waals surface area (Å²) in [6.45, 7) is 10.0. The Morgan fingerprint density at radius 3 is 2.57 bits per heavy atom. The number of benzene rings is 1. The van der Waals surface area contributed by atoms with Crippen molar-refractivity contribution in [3.8, 4) is 11.5 Å². The number of hydrogen-bond donors (Lipinski definition) is 2. The van der Waals surface area contributed by atoms with Gasteiger partial charge in [0.2, 0.25) is 0 Å². The van der Waals surface area contributed by atoms with Crippen molar-refractivity contribution in [1.29, 1.82) is 0 Å². The summed E-state index contributed by atoms with van der Waals surface area (Å²) >= 11 is 0. The molecule has 1 unspecified atom stereocenters. The topological polar surface area (TPSA) is 80.9 Å². The second-order valence-electron chi connectivity index (χ2n) is 6.56. The van der Waals surface area contributed by atoms with E-state index in [4.69, 9.17) is 14.0 Å². The van der Waals surface area contributed by atoms with Crippen LogP contribution in [0.25, 0.3) is 0 Å². The third-order valence-electron chi connectivity index (χ3n) is 3.84. The maximum absolute atomic E-state index is 5.92. The number of rotatable bonds is 9. The van der Waals surface area contributed by atoms with Gasteiger partial charge in [0.05, 0.1) is 19.3 Å². The molecule has 2 rings (SSSR count). The Balaban J connectivity index is 0.00000392. The van der Waals surface area contributed by atoms with Crippen molar-refractivity contribution < 1.29 is 14.0 Å². The molecule has 8 heteroatoms. The van der Waals surface area contributed by atoms with E-state index >= 15 is 0 Å². The van der Waals surface area contributed by atoms with Crippen molar-refractivity contribution in [2.75, 3.05) is 20.2 Å². The van der Waals surface area contributed by atoms with Gasteiger partial charge in [0.1, 0.15) is 24.1 Å². The van der Waals surface area contributed by atoms with Crippen LogP contribution in [0, 0.1) is 0 Å². The van der Waals surface area contributed by atoms with E-state index < -0.39 is 0 Å². The first-order chi connectivity index (χ1) is 13.0. The largest absolute Gasteiger partial charge is 0.497 e. The van der Waals surface area contributed by atoms with Crippen LogP contribution in [0.1, 0.15) is 45.1 Å². The Kier molecular flexibility index (Phi) is 10.7. The van der Waals surface area contributed by atoms with Crippen LogP contribution < -0.4 is 20.1 Å². The molecule has 0 aliphatic rings. The van der Waals surface area contributed by atoms with E-state index in [9.17, 15) is 0 Å². The van der Waals surface area contributed by atoms with Gasteiger partial charge in [0.15, 0.2) is 11.7 Å². The molecule has 0 spiro atoms. The summed E-state index contributed by atoms with van der Waals surface area (Å²) < 4.78 is 16.5. The zero-order chi connectivity index (χ0) is 19.6. The lowest BCUT2D eigenvalue weighted by atomic mass is 10.1. The van der Waals surface area contributed by atoms with E-state index in [1.165, 1.54) is 0 Å². The summed E-state index contributed by atoms with van der Waals surface area (Å²) in [6.07, 6.45) is -0.0428. The van der Waals surface area contributed by atoms with Crippen molar-refractivity contribution in [3.05, 3.63) is 41.8 Å². The molecule has 0 bridgehead atoms. The summed E-state index contributed by atoms with van der Waals surface area (Å²) in [4.78, 5) is 4.55. The van der Waals surface area contributed by atoms with Gasteiger partial charge in [0, 0.05) is 18.7 Å². The summed E-state index contributed by atoms with van der Waals surface area (Å²) in [5.74, 6) is 3.34. The third kappa shape index (κ3) is 7.95. The van der Waals surface area contributed by atoms with Gasteiger partial charge in [-0.25, -0.2) is 4.99 Å². The van der Waals surface area contributed by atoms with Gasteiger partial charge in [-0.1, -0.05) is 25.1 Å². The monoisotopic (exact) mass is 502 g/mol. The van der Waals surface area contributed by atoms with E-state index in [1.54, 1.807) is 7.11 Å². The van der Waals surface area contributed by atoms with Gasteiger partial charge in [0.25, 0.3) is 0 Å². The molecular weight excluding hydrogens is 471 g/mol. The van der Waals surface area contributed by atoms with Crippen molar-refractivity contribution in [2.24, 2.45) is 4.99 Å². The lowest BCUT2D eigenvalue weighted by Crippen LogP contribution is -2.41. The average molecular weight is 502 g/mol. The fourth-order valence-electron chi connectivity index (χ4n) is 2.36. The molecule has 0 amide bonds. The van der Waals surface area contributed by atoms with Crippen LogP contribution in [0.15, 0.2) is 39.8 Å².